The normalized spacial score (nSPS) is 10.5. The molecule has 0 bridgehead atoms. The minimum absolute atomic E-state index is 0.256. The van der Waals surface area contributed by atoms with Gasteiger partial charge in [0.1, 0.15) is 11.8 Å². The molecule has 0 saturated heterocycles. The summed E-state index contributed by atoms with van der Waals surface area (Å²) in [7, 11) is 0. The Hall–Kier alpha value is -2.28. The molecule has 2 aromatic rings. The summed E-state index contributed by atoms with van der Waals surface area (Å²) in [6.45, 7) is 4.05. The molecule has 4 heteroatoms. The number of aromatic nitrogens is 2. The second kappa shape index (κ2) is 4.30. The Labute approximate surface area is 99.7 Å². The first kappa shape index (κ1) is 11.2. The SMILES string of the molecule is CC(C)c1ccc(-n2cc(C#N)cn2)cc1O. The minimum Gasteiger partial charge on any atom is -0.508 e. The van der Waals surface area contributed by atoms with Crippen molar-refractivity contribution in [1.29, 1.82) is 5.26 Å². The molecule has 0 aliphatic heterocycles. The van der Waals surface area contributed by atoms with Crippen molar-refractivity contribution in [3.8, 4) is 17.5 Å². The van der Waals surface area contributed by atoms with E-state index in [9.17, 15) is 5.11 Å². The van der Waals surface area contributed by atoms with Crippen LogP contribution in [0.1, 0.15) is 30.9 Å². The van der Waals surface area contributed by atoms with E-state index in [2.05, 4.69) is 5.10 Å². The molecule has 1 aromatic heterocycles. The monoisotopic (exact) mass is 227 g/mol. The number of phenolic OH excluding ortho intramolecular Hbond substituents is 1. The summed E-state index contributed by atoms with van der Waals surface area (Å²) in [4.78, 5) is 0. The lowest BCUT2D eigenvalue weighted by molar-refractivity contribution is 0.464. The lowest BCUT2D eigenvalue weighted by Crippen LogP contribution is -1.96. The molecule has 0 radical (unpaired) electrons. The zero-order valence-electron chi connectivity index (χ0n) is 9.75. The zero-order valence-corrected chi connectivity index (χ0v) is 9.75. The van der Waals surface area contributed by atoms with Gasteiger partial charge in [0.15, 0.2) is 0 Å². The highest BCUT2D eigenvalue weighted by Gasteiger charge is 2.08. The summed E-state index contributed by atoms with van der Waals surface area (Å²) in [5.74, 6) is 0.530. The van der Waals surface area contributed by atoms with Gasteiger partial charge in [-0.15, -0.1) is 0 Å². The van der Waals surface area contributed by atoms with E-state index in [0.717, 1.165) is 11.3 Å². The van der Waals surface area contributed by atoms with E-state index in [-0.39, 0.29) is 11.7 Å². The number of nitrogens with zero attached hydrogens (tertiary/aromatic N) is 3. The van der Waals surface area contributed by atoms with Gasteiger partial charge in [0, 0.05) is 12.3 Å². The number of rotatable bonds is 2. The van der Waals surface area contributed by atoms with Gasteiger partial charge < -0.3 is 5.11 Å². The molecule has 0 aliphatic rings. The van der Waals surface area contributed by atoms with E-state index in [0.29, 0.717) is 5.56 Å². The maximum absolute atomic E-state index is 9.88. The van der Waals surface area contributed by atoms with Crippen molar-refractivity contribution in [3.05, 3.63) is 41.7 Å². The predicted octanol–water partition coefficient (Wildman–Crippen LogP) is 2.57. The van der Waals surface area contributed by atoms with Crippen molar-refractivity contribution in [2.75, 3.05) is 0 Å². The van der Waals surface area contributed by atoms with E-state index in [1.807, 2.05) is 32.0 Å². The first-order valence-electron chi connectivity index (χ1n) is 5.40. The van der Waals surface area contributed by atoms with Gasteiger partial charge >= 0.3 is 0 Å². The molecule has 0 spiro atoms. The first-order chi connectivity index (χ1) is 8.11. The molecule has 1 heterocycles. The third-order valence-corrected chi connectivity index (χ3v) is 2.61. The molecule has 0 amide bonds. The number of benzene rings is 1. The molecule has 17 heavy (non-hydrogen) atoms. The van der Waals surface area contributed by atoms with Crippen LogP contribution in [0.5, 0.6) is 5.75 Å². The number of hydrogen-bond donors (Lipinski definition) is 1. The van der Waals surface area contributed by atoms with Gasteiger partial charge in [-0.1, -0.05) is 19.9 Å². The van der Waals surface area contributed by atoms with Gasteiger partial charge in [0.2, 0.25) is 0 Å². The Balaban J connectivity index is 2.41. The van der Waals surface area contributed by atoms with Gasteiger partial charge in [-0.25, -0.2) is 4.68 Å². The Kier molecular flexibility index (Phi) is 2.84. The van der Waals surface area contributed by atoms with Crippen LogP contribution in [0.4, 0.5) is 0 Å². The lowest BCUT2D eigenvalue weighted by atomic mass is 10.0. The summed E-state index contributed by atoms with van der Waals surface area (Å²) in [5.41, 5.74) is 2.15. The first-order valence-corrected chi connectivity index (χ1v) is 5.40. The zero-order chi connectivity index (χ0) is 12.4. The van der Waals surface area contributed by atoms with Crippen LogP contribution in [0.2, 0.25) is 0 Å². The van der Waals surface area contributed by atoms with Crippen LogP contribution in [-0.2, 0) is 0 Å². The molecule has 1 N–H and O–H groups in total. The minimum atomic E-state index is 0.256. The predicted molar refractivity (Wildman–Crippen MR) is 64.0 cm³/mol. The maximum atomic E-state index is 9.88. The van der Waals surface area contributed by atoms with Crippen molar-refractivity contribution in [2.45, 2.75) is 19.8 Å². The number of phenols is 1. The summed E-state index contributed by atoms with van der Waals surface area (Å²) in [6, 6.07) is 7.43. The summed E-state index contributed by atoms with van der Waals surface area (Å²) in [6.07, 6.45) is 3.12. The molecule has 0 unspecified atom stereocenters. The van der Waals surface area contributed by atoms with Crippen LogP contribution in [0.3, 0.4) is 0 Å². The quantitative estimate of drug-likeness (QED) is 0.857. The largest absolute Gasteiger partial charge is 0.508 e. The van der Waals surface area contributed by atoms with Gasteiger partial charge in [-0.2, -0.15) is 10.4 Å². The third-order valence-electron chi connectivity index (χ3n) is 2.61. The fourth-order valence-electron chi connectivity index (χ4n) is 1.68. The smallest absolute Gasteiger partial charge is 0.121 e. The van der Waals surface area contributed by atoms with Crippen molar-refractivity contribution < 1.29 is 5.11 Å². The van der Waals surface area contributed by atoms with E-state index in [1.54, 1.807) is 16.9 Å². The maximum Gasteiger partial charge on any atom is 0.121 e. The average molecular weight is 227 g/mol. The summed E-state index contributed by atoms with van der Waals surface area (Å²) >= 11 is 0. The van der Waals surface area contributed by atoms with E-state index in [1.165, 1.54) is 6.20 Å². The lowest BCUT2D eigenvalue weighted by Gasteiger charge is -2.09. The van der Waals surface area contributed by atoms with Crippen LogP contribution in [0, 0.1) is 11.3 Å². The third kappa shape index (κ3) is 2.13. The van der Waals surface area contributed by atoms with E-state index in [4.69, 9.17) is 5.26 Å². The van der Waals surface area contributed by atoms with Gasteiger partial charge in [-0.3, -0.25) is 0 Å². The topological polar surface area (TPSA) is 61.8 Å². The molecular formula is C13H13N3O. The van der Waals surface area contributed by atoms with E-state index < -0.39 is 0 Å². The molecular weight excluding hydrogens is 214 g/mol. The fraction of sp³-hybridized carbons (Fsp3) is 0.231. The molecule has 0 atom stereocenters. The highest BCUT2D eigenvalue weighted by Crippen LogP contribution is 2.27. The second-order valence-electron chi connectivity index (χ2n) is 4.18. The highest BCUT2D eigenvalue weighted by atomic mass is 16.3. The second-order valence-corrected chi connectivity index (χ2v) is 4.18. The Morgan fingerprint density at radius 3 is 2.71 bits per heavy atom. The Morgan fingerprint density at radius 2 is 2.18 bits per heavy atom. The van der Waals surface area contributed by atoms with Crippen LogP contribution in [0.25, 0.3) is 5.69 Å². The average Bonchev–Trinajstić information content (AvgIpc) is 2.76. The van der Waals surface area contributed by atoms with Crippen LogP contribution < -0.4 is 0 Å². The van der Waals surface area contributed by atoms with Crippen LogP contribution in [0.15, 0.2) is 30.6 Å². The van der Waals surface area contributed by atoms with Crippen LogP contribution in [-0.4, -0.2) is 14.9 Å². The number of aromatic hydroxyl groups is 1. The number of hydrogen-bond acceptors (Lipinski definition) is 3. The Morgan fingerprint density at radius 1 is 1.41 bits per heavy atom. The summed E-state index contributed by atoms with van der Waals surface area (Å²) in [5, 5.41) is 22.7. The van der Waals surface area contributed by atoms with Gasteiger partial charge in [-0.05, 0) is 17.5 Å². The molecule has 0 fully saturated rings. The number of nitriles is 1. The molecule has 4 nitrogen and oxygen atoms in total. The molecule has 0 saturated carbocycles. The fourth-order valence-corrected chi connectivity index (χ4v) is 1.68. The van der Waals surface area contributed by atoms with Gasteiger partial charge in [0.05, 0.1) is 17.4 Å². The molecule has 0 aliphatic carbocycles. The van der Waals surface area contributed by atoms with Crippen molar-refractivity contribution in [3.63, 3.8) is 0 Å². The standard InChI is InChI=1S/C13H13N3O/c1-9(2)12-4-3-11(5-13(12)17)16-8-10(6-14)7-15-16/h3-5,7-9,17H,1-2H3. The van der Waals surface area contributed by atoms with Crippen molar-refractivity contribution in [1.82, 2.24) is 9.78 Å². The molecule has 1 aromatic carbocycles. The highest BCUT2D eigenvalue weighted by molar-refractivity contribution is 5.45. The van der Waals surface area contributed by atoms with Gasteiger partial charge in [0.25, 0.3) is 0 Å². The summed E-state index contributed by atoms with van der Waals surface area (Å²) < 4.78 is 1.57. The Bertz CT molecular complexity index is 579. The van der Waals surface area contributed by atoms with Crippen molar-refractivity contribution >= 4 is 0 Å². The molecule has 2 rings (SSSR count). The van der Waals surface area contributed by atoms with E-state index >= 15 is 0 Å². The molecule has 86 valence electrons. The van der Waals surface area contributed by atoms with Crippen LogP contribution >= 0.6 is 0 Å². The van der Waals surface area contributed by atoms with Crippen molar-refractivity contribution in [2.24, 2.45) is 0 Å².